The summed E-state index contributed by atoms with van der Waals surface area (Å²) in [6.45, 7) is 8.52. The fourth-order valence-electron chi connectivity index (χ4n) is 5.36. The molecule has 254 valence electrons. The zero-order valence-electron chi connectivity index (χ0n) is 28.3. The number of aliphatic hydroxyl groups is 1. The summed E-state index contributed by atoms with van der Waals surface area (Å²) in [4.78, 5) is 44.2. The molecule has 0 aliphatic carbocycles. The maximum absolute atomic E-state index is 12.6. The van der Waals surface area contributed by atoms with Gasteiger partial charge in [0, 0.05) is 36.1 Å². The first kappa shape index (κ1) is 34.6. The second-order valence-corrected chi connectivity index (χ2v) is 13.1. The lowest BCUT2D eigenvalue weighted by molar-refractivity contribution is 0.0697. The van der Waals surface area contributed by atoms with E-state index in [1.54, 1.807) is 12.1 Å². The number of aromatic carboxylic acids is 1. The number of carbonyl (C=O) groups is 2. The molecule has 49 heavy (non-hydrogen) atoms. The minimum atomic E-state index is -1.09. The van der Waals surface area contributed by atoms with E-state index in [2.05, 4.69) is 30.6 Å². The van der Waals surface area contributed by atoms with Crippen LogP contribution in [0.2, 0.25) is 0 Å². The summed E-state index contributed by atoms with van der Waals surface area (Å²) in [5, 5.41) is 24.7. The molecule has 12 nitrogen and oxygen atoms in total. The van der Waals surface area contributed by atoms with E-state index >= 15 is 0 Å². The Morgan fingerprint density at radius 3 is 2.20 bits per heavy atom. The molecule has 0 saturated heterocycles. The number of hydrogen-bond acceptors (Lipinski definition) is 8. The summed E-state index contributed by atoms with van der Waals surface area (Å²) in [6, 6.07) is 20.2. The Morgan fingerprint density at radius 2 is 1.51 bits per heavy atom. The third-order valence-electron chi connectivity index (χ3n) is 7.88. The smallest absolute Gasteiger partial charge is 0.336 e. The Kier molecular flexibility index (Phi) is 10.3. The second kappa shape index (κ2) is 14.6. The number of carboxylic acid groups (broad SMARTS) is 1. The Balaban J connectivity index is 0.000000299. The predicted octanol–water partition coefficient (Wildman–Crippen LogP) is 5.87. The van der Waals surface area contributed by atoms with Gasteiger partial charge in [-0.2, -0.15) is 0 Å². The number of amides is 1. The summed E-state index contributed by atoms with van der Waals surface area (Å²) >= 11 is 0. The van der Waals surface area contributed by atoms with E-state index in [0.717, 1.165) is 56.1 Å². The molecule has 0 radical (unpaired) electrons. The van der Waals surface area contributed by atoms with Crippen molar-refractivity contribution in [1.29, 1.82) is 0 Å². The molecular weight excluding hydrogens is 620 g/mol. The van der Waals surface area contributed by atoms with Crippen LogP contribution < -0.4 is 16.4 Å². The van der Waals surface area contributed by atoms with Gasteiger partial charge in [0.1, 0.15) is 0 Å². The Bertz CT molecular complexity index is 2120. The van der Waals surface area contributed by atoms with E-state index in [0.29, 0.717) is 36.5 Å². The van der Waals surface area contributed by atoms with Gasteiger partial charge in [-0.15, -0.1) is 0 Å². The highest BCUT2D eigenvalue weighted by Gasteiger charge is 2.20. The van der Waals surface area contributed by atoms with Gasteiger partial charge < -0.3 is 36.5 Å². The summed E-state index contributed by atoms with van der Waals surface area (Å²) in [6.07, 6.45) is 1.31. The molecule has 0 aliphatic rings. The zero-order chi connectivity index (χ0) is 35.3. The number of nitrogen functional groups attached to an aromatic ring is 1. The third-order valence-corrected chi connectivity index (χ3v) is 7.88. The molecule has 3 aromatic heterocycles. The molecule has 6 rings (SSSR count). The van der Waals surface area contributed by atoms with Crippen molar-refractivity contribution in [1.82, 2.24) is 30.2 Å². The molecule has 0 saturated carbocycles. The quantitative estimate of drug-likeness (QED) is 0.0990. The second-order valence-electron chi connectivity index (χ2n) is 13.1. The van der Waals surface area contributed by atoms with Crippen molar-refractivity contribution >= 4 is 45.8 Å². The number of fused-ring (bicyclic) bond motifs is 2. The predicted molar refractivity (Wildman–Crippen MR) is 193 cm³/mol. The van der Waals surface area contributed by atoms with Crippen molar-refractivity contribution in [2.24, 2.45) is 5.41 Å². The van der Waals surface area contributed by atoms with Crippen molar-refractivity contribution < 1.29 is 19.8 Å². The lowest BCUT2D eigenvalue weighted by Crippen LogP contribution is -2.32. The molecule has 0 unspecified atom stereocenters. The maximum atomic E-state index is 12.6. The molecular formula is C37H42N8O4. The van der Waals surface area contributed by atoms with Gasteiger partial charge in [-0.3, -0.25) is 9.78 Å². The topological polar surface area (TPSA) is 195 Å². The summed E-state index contributed by atoms with van der Waals surface area (Å²) < 4.78 is 0. The first-order valence-electron chi connectivity index (χ1n) is 16.0. The van der Waals surface area contributed by atoms with Crippen molar-refractivity contribution in [3.8, 4) is 11.1 Å². The SMILES string of the molecule is CNc1nc2ccc(CO)cc2[nH]1.Cc1ccc(-c2ccc(C(=O)NCC(C)(C)C)cc2C(=O)O)c(CCc2ccc3nc(N)[nH]c3c2)n1. The summed E-state index contributed by atoms with van der Waals surface area (Å²) in [5.41, 5.74) is 14.5. The fraction of sp³-hybridized carbons (Fsp3) is 0.270. The number of aryl methyl sites for hydroxylation is 3. The number of imidazole rings is 2. The number of anilines is 2. The first-order chi connectivity index (χ1) is 23.3. The number of nitrogens with zero attached hydrogens (tertiary/aromatic N) is 3. The van der Waals surface area contributed by atoms with Crippen LogP contribution in [0, 0.1) is 12.3 Å². The van der Waals surface area contributed by atoms with E-state index in [1.807, 2.05) is 83.3 Å². The summed E-state index contributed by atoms with van der Waals surface area (Å²) in [7, 11) is 1.81. The van der Waals surface area contributed by atoms with Crippen molar-refractivity contribution in [2.75, 3.05) is 24.6 Å². The van der Waals surface area contributed by atoms with Gasteiger partial charge in [0.2, 0.25) is 5.95 Å². The van der Waals surface area contributed by atoms with Crippen LogP contribution in [-0.4, -0.2) is 60.6 Å². The van der Waals surface area contributed by atoms with Gasteiger partial charge in [-0.05, 0) is 84.3 Å². The number of hydrogen-bond donors (Lipinski definition) is 7. The van der Waals surface area contributed by atoms with E-state index in [4.69, 9.17) is 15.8 Å². The Labute approximate surface area is 284 Å². The van der Waals surface area contributed by atoms with Crippen LogP contribution in [0.4, 0.5) is 11.9 Å². The standard InChI is InChI=1S/C28H31N5O3.C9H11N3O/c1-16-5-9-20(22(31-16)11-6-17-7-12-23-24(13-17)33-27(29)32-23)19-10-8-18(14-21(19)26(35)36)25(34)30-15-28(2,3)4;1-10-9-11-7-3-2-6(5-13)4-8(7)12-9/h5,7-10,12-14H,6,11,15H2,1-4H3,(H,30,34)(H,35,36)(H3,29,32,33);2-4,13H,5H2,1H3,(H2,10,11,12). The van der Waals surface area contributed by atoms with Gasteiger partial charge >= 0.3 is 5.97 Å². The number of rotatable bonds is 9. The molecule has 6 aromatic rings. The molecule has 0 aliphatic heterocycles. The molecule has 12 heteroatoms. The molecule has 0 spiro atoms. The number of aromatic amines is 2. The Morgan fingerprint density at radius 1 is 0.837 bits per heavy atom. The number of carboxylic acids is 1. The number of aromatic nitrogens is 5. The van der Waals surface area contributed by atoms with Crippen LogP contribution in [0.15, 0.2) is 66.7 Å². The van der Waals surface area contributed by atoms with Crippen LogP contribution in [0.25, 0.3) is 33.2 Å². The maximum Gasteiger partial charge on any atom is 0.336 e. The lowest BCUT2D eigenvalue weighted by atomic mass is 9.93. The molecule has 3 heterocycles. The average molecular weight is 663 g/mol. The highest BCUT2D eigenvalue weighted by atomic mass is 16.4. The van der Waals surface area contributed by atoms with Gasteiger partial charge in [-0.1, -0.05) is 45.0 Å². The van der Waals surface area contributed by atoms with E-state index in [9.17, 15) is 14.7 Å². The van der Waals surface area contributed by atoms with Gasteiger partial charge in [-0.25, -0.2) is 14.8 Å². The third kappa shape index (κ3) is 8.59. The zero-order valence-corrected chi connectivity index (χ0v) is 28.3. The van der Waals surface area contributed by atoms with Gasteiger partial charge in [0.05, 0.1) is 34.2 Å². The van der Waals surface area contributed by atoms with Crippen molar-refractivity contribution in [3.63, 3.8) is 0 Å². The van der Waals surface area contributed by atoms with Gasteiger partial charge in [0.25, 0.3) is 5.91 Å². The lowest BCUT2D eigenvalue weighted by Gasteiger charge is -2.19. The largest absolute Gasteiger partial charge is 0.478 e. The number of carbonyl (C=O) groups excluding carboxylic acids is 1. The summed E-state index contributed by atoms with van der Waals surface area (Å²) in [5.74, 6) is -0.271. The normalized spacial score (nSPS) is 11.3. The number of H-pyrrole nitrogens is 2. The molecule has 0 fully saturated rings. The number of nitrogens with one attached hydrogen (secondary N) is 4. The molecule has 3 aromatic carbocycles. The molecule has 0 atom stereocenters. The van der Waals surface area contributed by atoms with Crippen molar-refractivity contribution in [2.45, 2.75) is 47.1 Å². The van der Waals surface area contributed by atoms with E-state index in [-0.39, 0.29) is 23.5 Å². The highest BCUT2D eigenvalue weighted by Crippen LogP contribution is 2.29. The average Bonchev–Trinajstić information content (AvgIpc) is 3.67. The number of nitrogens with two attached hydrogens (primary N) is 1. The first-order valence-corrected chi connectivity index (χ1v) is 16.0. The molecule has 0 bridgehead atoms. The van der Waals surface area contributed by atoms with Crippen LogP contribution >= 0.6 is 0 Å². The van der Waals surface area contributed by atoms with Crippen LogP contribution in [0.3, 0.4) is 0 Å². The van der Waals surface area contributed by atoms with Gasteiger partial charge in [0.15, 0.2) is 5.95 Å². The van der Waals surface area contributed by atoms with Crippen LogP contribution in [0.1, 0.15) is 64.0 Å². The minimum absolute atomic E-state index is 0.0594. The van der Waals surface area contributed by atoms with Crippen LogP contribution in [0.5, 0.6) is 0 Å². The van der Waals surface area contributed by atoms with E-state index < -0.39 is 5.97 Å². The van der Waals surface area contributed by atoms with Crippen molar-refractivity contribution in [3.05, 3.63) is 100 Å². The number of pyridine rings is 1. The minimum Gasteiger partial charge on any atom is -0.478 e. The fourth-order valence-corrected chi connectivity index (χ4v) is 5.36. The monoisotopic (exact) mass is 662 g/mol. The Hall–Kier alpha value is -5.75. The molecule has 1 amide bonds. The number of aliphatic hydroxyl groups excluding tert-OH is 1. The highest BCUT2D eigenvalue weighted by molar-refractivity contribution is 6.01. The van der Waals surface area contributed by atoms with Crippen LogP contribution in [-0.2, 0) is 19.4 Å². The van der Waals surface area contributed by atoms with E-state index in [1.165, 1.54) is 6.07 Å². The molecule has 8 N–H and O–H groups in total. The number of benzene rings is 3.